The number of thiazole rings is 1. The molecule has 3 aromatic rings. The van der Waals surface area contributed by atoms with Crippen LogP contribution in [0.4, 0.5) is 5.13 Å². The number of anilines is 1. The van der Waals surface area contributed by atoms with E-state index in [-0.39, 0.29) is 0 Å². The fourth-order valence-electron chi connectivity index (χ4n) is 2.20. The zero-order valence-corrected chi connectivity index (χ0v) is 12.9. The maximum Gasteiger partial charge on any atom is 0.183 e. The largest absolute Gasteiger partial charge is 0.492 e. The van der Waals surface area contributed by atoms with Crippen molar-refractivity contribution in [3.05, 3.63) is 24.4 Å². The van der Waals surface area contributed by atoms with Crippen LogP contribution < -0.4 is 10.1 Å². The van der Waals surface area contributed by atoms with E-state index in [9.17, 15) is 0 Å². The van der Waals surface area contributed by atoms with Crippen molar-refractivity contribution in [3.63, 3.8) is 0 Å². The number of pyridine rings is 1. The van der Waals surface area contributed by atoms with Crippen LogP contribution >= 0.6 is 11.3 Å². The van der Waals surface area contributed by atoms with Gasteiger partial charge < -0.3 is 14.8 Å². The van der Waals surface area contributed by atoms with E-state index in [1.165, 1.54) is 0 Å². The van der Waals surface area contributed by atoms with Crippen molar-refractivity contribution in [3.8, 4) is 5.75 Å². The number of hydrogen-bond acceptors (Lipinski definition) is 6. The zero-order chi connectivity index (χ0) is 14.7. The molecule has 0 atom stereocenters. The highest BCUT2D eigenvalue weighted by atomic mass is 32.1. The summed E-state index contributed by atoms with van der Waals surface area (Å²) in [5.41, 5.74) is 1.83. The summed E-state index contributed by atoms with van der Waals surface area (Å²) in [5.74, 6) is 0.813. The van der Waals surface area contributed by atoms with Gasteiger partial charge in [-0.3, -0.25) is 4.98 Å². The van der Waals surface area contributed by atoms with Crippen molar-refractivity contribution >= 4 is 37.6 Å². The lowest BCUT2D eigenvalue weighted by Gasteiger charge is -2.06. The highest BCUT2D eigenvalue weighted by Gasteiger charge is 2.12. The SMILES string of the molecule is CCOc1cc2sc(NCCOC)nc2c2cccnc12. The Bertz CT molecular complexity index is 757. The van der Waals surface area contributed by atoms with Gasteiger partial charge in [0.2, 0.25) is 0 Å². The van der Waals surface area contributed by atoms with Crippen molar-refractivity contribution in [1.82, 2.24) is 9.97 Å². The van der Waals surface area contributed by atoms with Crippen LogP contribution in [0.2, 0.25) is 0 Å². The lowest BCUT2D eigenvalue weighted by molar-refractivity contribution is 0.211. The molecule has 0 fully saturated rings. The predicted octanol–water partition coefficient (Wildman–Crippen LogP) is 3.30. The van der Waals surface area contributed by atoms with Crippen LogP contribution in [-0.4, -0.2) is 36.8 Å². The van der Waals surface area contributed by atoms with Gasteiger partial charge in [-0.05, 0) is 19.1 Å². The van der Waals surface area contributed by atoms with Crippen LogP contribution in [0.5, 0.6) is 5.75 Å². The van der Waals surface area contributed by atoms with Crippen molar-refractivity contribution in [2.75, 3.05) is 32.2 Å². The van der Waals surface area contributed by atoms with Gasteiger partial charge in [-0.15, -0.1) is 0 Å². The van der Waals surface area contributed by atoms with Gasteiger partial charge >= 0.3 is 0 Å². The molecule has 2 heterocycles. The topological polar surface area (TPSA) is 56.3 Å². The third-order valence-electron chi connectivity index (χ3n) is 3.09. The summed E-state index contributed by atoms with van der Waals surface area (Å²) in [6.45, 7) is 3.99. The number of nitrogens with one attached hydrogen (secondary N) is 1. The number of benzene rings is 1. The standard InChI is InChI=1S/C15H17N3O2S/c1-3-20-11-9-12-14(10-5-4-6-16-13(10)11)18-15(21-12)17-7-8-19-2/h4-6,9H,3,7-8H2,1-2H3,(H,17,18). The van der Waals surface area contributed by atoms with E-state index >= 15 is 0 Å². The van der Waals surface area contributed by atoms with Crippen molar-refractivity contribution in [2.45, 2.75) is 6.92 Å². The molecule has 6 heteroatoms. The first-order valence-electron chi connectivity index (χ1n) is 6.87. The second kappa shape index (κ2) is 6.24. The Morgan fingerprint density at radius 2 is 2.24 bits per heavy atom. The number of nitrogens with zero attached hydrogens (tertiary/aromatic N) is 2. The molecule has 2 aromatic heterocycles. The van der Waals surface area contributed by atoms with Crippen LogP contribution in [0.3, 0.4) is 0 Å². The van der Waals surface area contributed by atoms with E-state index in [4.69, 9.17) is 9.47 Å². The summed E-state index contributed by atoms with van der Waals surface area (Å²) in [5, 5.41) is 5.18. The fourth-order valence-corrected chi connectivity index (χ4v) is 3.14. The quantitative estimate of drug-likeness (QED) is 0.708. The highest BCUT2D eigenvalue weighted by molar-refractivity contribution is 7.22. The van der Waals surface area contributed by atoms with Gasteiger partial charge in [0.1, 0.15) is 11.3 Å². The second-order valence-electron chi connectivity index (χ2n) is 4.49. The van der Waals surface area contributed by atoms with Gasteiger partial charge in [0.15, 0.2) is 5.13 Å². The summed E-state index contributed by atoms with van der Waals surface area (Å²) in [7, 11) is 1.69. The Labute approximate surface area is 126 Å². The first-order chi connectivity index (χ1) is 10.3. The molecule has 0 saturated carbocycles. The maximum absolute atomic E-state index is 5.71. The predicted molar refractivity (Wildman–Crippen MR) is 86.5 cm³/mol. The highest BCUT2D eigenvalue weighted by Crippen LogP contribution is 2.36. The van der Waals surface area contributed by atoms with Gasteiger partial charge in [-0.25, -0.2) is 4.98 Å². The minimum absolute atomic E-state index is 0.620. The number of fused-ring (bicyclic) bond motifs is 3. The van der Waals surface area contributed by atoms with Gasteiger partial charge in [0.05, 0.1) is 23.4 Å². The number of ether oxygens (including phenoxy) is 2. The van der Waals surface area contributed by atoms with Gasteiger partial charge in [0.25, 0.3) is 0 Å². The molecule has 0 amide bonds. The zero-order valence-electron chi connectivity index (χ0n) is 12.0. The Kier molecular flexibility index (Phi) is 4.17. The molecule has 0 aliphatic heterocycles. The maximum atomic E-state index is 5.71. The Morgan fingerprint density at radius 1 is 1.33 bits per heavy atom. The molecule has 110 valence electrons. The van der Waals surface area contributed by atoms with E-state index in [2.05, 4.69) is 15.3 Å². The summed E-state index contributed by atoms with van der Waals surface area (Å²) >= 11 is 1.62. The molecule has 0 spiro atoms. The van der Waals surface area contributed by atoms with Crippen LogP contribution in [0.15, 0.2) is 24.4 Å². The van der Waals surface area contributed by atoms with E-state index in [1.807, 2.05) is 25.1 Å². The lowest BCUT2D eigenvalue weighted by atomic mass is 10.2. The molecule has 0 aliphatic rings. The minimum Gasteiger partial charge on any atom is -0.492 e. The van der Waals surface area contributed by atoms with Crippen LogP contribution in [0.1, 0.15) is 6.92 Å². The Balaban J connectivity index is 2.08. The molecule has 21 heavy (non-hydrogen) atoms. The third kappa shape index (κ3) is 2.77. The first-order valence-corrected chi connectivity index (χ1v) is 7.69. The summed E-state index contributed by atoms with van der Waals surface area (Å²) in [6, 6.07) is 5.98. The fraction of sp³-hybridized carbons (Fsp3) is 0.333. The normalized spacial score (nSPS) is 11.1. The lowest BCUT2D eigenvalue weighted by Crippen LogP contribution is -2.06. The molecule has 0 radical (unpaired) electrons. The monoisotopic (exact) mass is 303 g/mol. The molecule has 0 bridgehead atoms. The number of hydrogen-bond donors (Lipinski definition) is 1. The van der Waals surface area contributed by atoms with Crippen LogP contribution in [-0.2, 0) is 4.74 Å². The van der Waals surface area contributed by atoms with E-state index in [0.29, 0.717) is 13.2 Å². The Morgan fingerprint density at radius 3 is 3.05 bits per heavy atom. The minimum atomic E-state index is 0.620. The van der Waals surface area contributed by atoms with Gasteiger partial charge in [-0.1, -0.05) is 11.3 Å². The van der Waals surface area contributed by atoms with E-state index in [0.717, 1.165) is 38.5 Å². The van der Waals surface area contributed by atoms with Gasteiger partial charge in [0, 0.05) is 31.3 Å². The average molecular weight is 303 g/mol. The van der Waals surface area contributed by atoms with Crippen LogP contribution in [0, 0.1) is 0 Å². The molecule has 1 N–H and O–H groups in total. The molecule has 0 saturated heterocycles. The third-order valence-corrected chi connectivity index (χ3v) is 4.05. The number of rotatable bonds is 6. The number of methoxy groups -OCH3 is 1. The average Bonchev–Trinajstić information content (AvgIpc) is 2.91. The summed E-state index contributed by atoms with van der Waals surface area (Å²) in [6.07, 6.45) is 1.78. The smallest absolute Gasteiger partial charge is 0.183 e. The molecule has 5 nitrogen and oxygen atoms in total. The molecule has 1 aromatic carbocycles. The number of aromatic nitrogens is 2. The molecular weight excluding hydrogens is 286 g/mol. The van der Waals surface area contributed by atoms with Crippen molar-refractivity contribution < 1.29 is 9.47 Å². The summed E-state index contributed by atoms with van der Waals surface area (Å²) in [4.78, 5) is 9.10. The van der Waals surface area contributed by atoms with E-state index < -0.39 is 0 Å². The van der Waals surface area contributed by atoms with Crippen molar-refractivity contribution in [2.24, 2.45) is 0 Å². The molecule has 0 aliphatic carbocycles. The molecule has 0 unspecified atom stereocenters. The second-order valence-corrected chi connectivity index (χ2v) is 5.52. The first kappa shape index (κ1) is 14.0. The van der Waals surface area contributed by atoms with Crippen LogP contribution in [0.25, 0.3) is 21.1 Å². The van der Waals surface area contributed by atoms with Crippen molar-refractivity contribution in [1.29, 1.82) is 0 Å². The van der Waals surface area contributed by atoms with Gasteiger partial charge in [-0.2, -0.15) is 0 Å². The molecule has 3 rings (SSSR count). The Hall–Kier alpha value is -1.92. The molecular formula is C15H17N3O2S. The van der Waals surface area contributed by atoms with E-state index in [1.54, 1.807) is 24.6 Å². The summed E-state index contributed by atoms with van der Waals surface area (Å²) < 4.78 is 11.9.